The number of Topliss-reactive ketones (excluding diaryl/α,β-unsaturated/α-hetero) is 1. The maximum Gasteiger partial charge on any atom is 0.306 e. The molecule has 28 heavy (non-hydrogen) atoms. The number of nitrogens with one attached hydrogen (secondary N) is 1. The number of hydrogen-bond donors (Lipinski definition) is 1. The molecule has 0 saturated heterocycles. The summed E-state index contributed by atoms with van der Waals surface area (Å²) in [5, 5.41) is 3.33. The van der Waals surface area contributed by atoms with Crippen LogP contribution >= 0.6 is 11.6 Å². The highest BCUT2D eigenvalue weighted by molar-refractivity contribution is 6.30. The van der Waals surface area contributed by atoms with Crippen LogP contribution in [0.5, 0.6) is 0 Å². The van der Waals surface area contributed by atoms with E-state index in [2.05, 4.69) is 12.2 Å². The summed E-state index contributed by atoms with van der Waals surface area (Å²) in [6, 6.07) is 14.3. The van der Waals surface area contributed by atoms with E-state index in [-0.39, 0.29) is 37.2 Å². The Morgan fingerprint density at radius 2 is 1.64 bits per heavy atom. The van der Waals surface area contributed by atoms with Crippen molar-refractivity contribution in [3.8, 4) is 0 Å². The number of hydrogen-bond acceptors (Lipinski definition) is 4. The van der Waals surface area contributed by atoms with Crippen LogP contribution in [-0.2, 0) is 20.7 Å². The molecule has 0 saturated carbocycles. The summed E-state index contributed by atoms with van der Waals surface area (Å²) in [7, 11) is 0. The Morgan fingerprint density at radius 3 is 2.25 bits per heavy atom. The molecule has 0 fully saturated rings. The second-order valence-corrected chi connectivity index (χ2v) is 6.91. The predicted molar refractivity (Wildman–Crippen MR) is 108 cm³/mol. The monoisotopic (exact) mass is 401 g/mol. The van der Waals surface area contributed by atoms with Gasteiger partial charge in [0.1, 0.15) is 0 Å². The molecule has 0 aromatic heterocycles. The molecule has 148 valence electrons. The molecule has 0 bridgehead atoms. The second-order valence-electron chi connectivity index (χ2n) is 6.48. The predicted octanol–water partition coefficient (Wildman–Crippen LogP) is 4.29. The Morgan fingerprint density at radius 1 is 1.00 bits per heavy atom. The average molecular weight is 402 g/mol. The fraction of sp³-hybridized carbons (Fsp3) is 0.318. The third kappa shape index (κ3) is 6.82. The Bertz CT molecular complexity index is 815. The Labute approximate surface area is 170 Å². The van der Waals surface area contributed by atoms with E-state index in [1.54, 1.807) is 24.3 Å². The van der Waals surface area contributed by atoms with Gasteiger partial charge in [-0.2, -0.15) is 0 Å². The zero-order valence-electron chi connectivity index (χ0n) is 16.0. The highest BCUT2D eigenvalue weighted by atomic mass is 35.5. The van der Waals surface area contributed by atoms with Crippen molar-refractivity contribution < 1.29 is 19.1 Å². The molecule has 1 atom stereocenters. The van der Waals surface area contributed by atoms with Crippen molar-refractivity contribution in [2.45, 2.75) is 39.2 Å². The fourth-order valence-electron chi connectivity index (χ4n) is 2.62. The molecule has 2 rings (SSSR count). The van der Waals surface area contributed by atoms with Crippen molar-refractivity contribution in [3.05, 3.63) is 70.2 Å². The molecular formula is C22H24ClNO4. The number of esters is 1. The lowest BCUT2D eigenvalue weighted by Crippen LogP contribution is -2.31. The lowest BCUT2D eigenvalue weighted by Gasteiger charge is -2.15. The molecular weight excluding hydrogens is 378 g/mol. The largest absolute Gasteiger partial charge is 0.456 e. The van der Waals surface area contributed by atoms with Gasteiger partial charge >= 0.3 is 5.97 Å². The summed E-state index contributed by atoms with van der Waals surface area (Å²) in [6.07, 6.45) is 0.891. The van der Waals surface area contributed by atoms with Crippen LogP contribution in [0.1, 0.15) is 54.2 Å². The lowest BCUT2D eigenvalue weighted by molar-refractivity contribution is -0.148. The molecule has 0 spiro atoms. The van der Waals surface area contributed by atoms with Crippen LogP contribution in [0.4, 0.5) is 0 Å². The third-order valence-corrected chi connectivity index (χ3v) is 4.60. The molecule has 0 unspecified atom stereocenters. The molecule has 0 aliphatic rings. The maximum absolute atomic E-state index is 12.0. The van der Waals surface area contributed by atoms with Crippen molar-refractivity contribution in [2.75, 3.05) is 6.61 Å². The number of halogens is 1. The van der Waals surface area contributed by atoms with E-state index in [4.69, 9.17) is 16.3 Å². The van der Waals surface area contributed by atoms with Crippen LogP contribution in [0.15, 0.2) is 48.5 Å². The van der Waals surface area contributed by atoms with Crippen molar-refractivity contribution in [2.24, 2.45) is 0 Å². The van der Waals surface area contributed by atoms with Gasteiger partial charge in [-0.25, -0.2) is 0 Å². The number of ketones is 1. The van der Waals surface area contributed by atoms with Crippen molar-refractivity contribution in [1.82, 2.24) is 5.32 Å². The summed E-state index contributed by atoms with van der Waals surface area (Å²) in [4.78, 5) is 35.8. The van der Waals surface area contributed by atoms with Crippen molar-refractivity contribution >= 4 is 29.3 Å². The molecule has 0 aliphatic carbocycles. The summed E-state index contributed by atoms with van der Waals surface area (Å²) in [5.41, 5.74) is 2.69. The second kappa shape index (κ2) is 10.6. The smallest absolute Gasteiger partial charge is 0.306 e. The number of rotatable bonds is 9. The first kappa shape index (κ1) is 21.6. The van der Waals surface area contributed by atoms with Crippen LogP contribution < -0.4 is 5.32 Å². The van der Waals surface area contributed by atoms with E-state index in [0.717, 1.165) is 12.0 Å². The van der Waals surface area contributed by atoms with Gasteiger partial charge < -0.3 is 10.1 Å². The lowest BCUT2D eigenvalue weighted by atomic mass is 10.1. The summed E-state index contributed by atoms with van der Waals surface area (Å²) >= 11 is 5.78. The summed E-state index contributed by atoms with van der Waals surface area (Å²) in [6.45, 7) is 3.58. The van der Waals surface area contributed by atoms with Crippen molar-refractivity contribution in [1.29, 1.82) is 0 Å². The van der Waals surface area contributed by atoms with Gasteiger partial charge in [0.05, 0.1) is 12.5 Å². The molecule has 1 N–H and O–H groups in total. The van der Waals surface area contributed by atoms with Crippen LogP contribution in [0.25, 0.3) is 0 Å². The average Bonchev–Trinajstić information content (AvgIpc) is 2.71. The van der Waals surface area contributed by atoms with E-state index in [1.807, 2.05) is 31.2 Å². The molecule has 0 heterocycles. The van der Waals surface area contributed by atoms with Gasteiger partial charge in [-0.05, 0) is 48.7 Å². The van der Waals surface area contributed by atoms with Crippen LogP contribution in [0.2, 0.25) is 5.02 Å². The van der Waals surface area contributed by atoms with Crippen LogP contribution in [0, 0.1) is 0 Å². The summed E-state index contributed by atoms with van der Waals surface area (Å²) < 4.78 is 4.96. The highest BCUT2D eigenvalue weighted by Crippen LogP contribution is 2.14. The zero-order valence-corrected chi connectivity index (χ0v) is 16.8. The standard InChI is InChI=1S/C22H24ClNO4/c1-3-16-4-6-17(7-5-16)15(2)24-21(26)14-28-22(27)13-12-20(25)18-8-10-19(23)11-9-18/h4-11,15H,3,12-14H2,1-2H3,(H,24,26)/t15-/m1/s1. The van der Waals surface area contributed by atoms with E-state index < -0.39 is 5.97 Å². The molecule has 5 nitrogen and oxygen atoms in total. The Kier molecular flexibility index (Phi) is 8.20. The minimum atomic E-state index is -0.586. The maximum atomic E-state index is 12.0. The molecule has 6 heteroatoms. The van der Waals surface area contributed by atoms with Crippen LogP contribution in [-0.4, -0.2) is 24.3 Å². The summed E-state index contributed by atoms with van der Waals surface area (Å²) in [5.74, 6) is -1.15. The van der Waals surface area contributed by atoms with E-state index in [1.165, 1.54) is 5.56 Å². The molecule has 0 aliphatic heterocycles. The van der Waals surface area contributed by atoms with E-state index >= 15 is 0 Å². The first-order valence-corrected chi connectivity index (χ1v) is 9.59. The van der Waals surface area contributed by atoms with Crippen molar-refractivity contribution in [3.63, 3.8) is 0 Å². The fourth-order valence-corrected chi connectivity index (χ4v) is 2.75. The first-order valence-electron chi connectivity index (χ1n) is 9.21. The molecule has 0 radical (unpaired) electrons. The zero-order chi connectivity index (χ0) is 20.5. The van der Waals surface area contributed by atoms with E-state index in [0.29, 0.717) is 10.6 Å². The Hall–Kier alpha value is -2.66. The van der Waals surface area contributed by atoms with Gasteiger partial charge in [0.15, 0.2) is 12.4 Å². The normalized spacial score (nSPS) is 11.5. The topological polar surface area (TPSA) is 72.5 Å². The van der Waals surface area contributed by atoms with E-state index in [9.17, 15) is 14.4 Å². The number of aryl methyl sites for hydroxylation is 1. The number of carbonyl (C=O) groups is 3. The number of benzene rings is 2. The SMILES string of the molecule is CCc1ccc([C@@H](C)NC(=O)COC(=O)CCC(=O)c2ccc(Cl)cc2)cc1. The third-order valence-electron chi connectivity index (χ3n) is 4.35. The molecule has 2 aromatic rings. The van der Waals surface area contributed by atoms with Gasteiger partial charge in [-0.3, -0.25) is 14.4 Å². The molecule has 1 amide bonds. The number of carbonyl (C=O) groups excluding carboxylic acids is 3. The quantitative estimate of drug-likeness (QED) is 0.502. The minimum Gasteiger partial charge on any atom is -0.456 e. The first-order chi connectivity index (χ1) is 13.4. The number of ether oxygens (including phenoxy) is 1. The van der Waals surface area contributed by atoms with Gasteiger partial charge in [-0.1, -0.05) is 42.8 Å². The minimum absolute atomic E-state index is 0.0161. The van der Waals surface area contributed by atoms with Crippen LogP contribution in [0.3, 0.4) is 0 Å². The Balaban J connectivity index is 1.71. The van der Waals surface area contributed by atoms with Gasteiger partial charge in [0.25, 0.3) is 5.91 Å². The van der Waals surface area contributed by atoms with Gasteiger partial charge in [0, 0.05) is 17.0 Å². The van der Waals surface area contributed by atoms with Gasteiger partial charge in [-0.15, -0.1) is 0 Å². The number of amides is 1. The highest BCUT2D eigenvalue weighted by Gasteiger charge is 2.14. The molecule has 2 aromatic carbocycles. The van der Waals surface area contributed by atoms with Gasteiger partial charge in [0.2, 0.25) is 0 Å².